The van der Waals surface area contributed by atoms with Gasteiger partial charge in [-0.15, -0.1) is 0 Å². The van der Waals surface area contributed by atoms with Crippen molar-refractivity contribution in [2.45, 2.75) is 53.5 Å². The number of ether oxygens (including phenoxy) is 1. The molecule has 0 radical (unpaired) electrons. The van der Waals surface area contributed by atoms with E-state index in [1.807, 2.05) is 41.3 Å². The highest BCUT2D eigenvalue weighted by atomic mass is 16.5. The van der Waals surface area contributed by atoms with Crippen LogP contribution in [0.3, 0.4) is 0 Å². The number of rotatable bonds is 14. The lowest BCUT2D eigenvalue weighted by Crippen LogP contribution is -2.43. The molecule has 0 saturated carbocycles. The highest BCUT2D eigenvalue weighted by molar-refractivity contribution is 5.98. The fourth-order valence-corrected chi connectivity index (χ4v) is 4.89. The van der Waals surface area contributed by atoms with Crippen molar-refractivity contribution in [3.8, 4) is 0 Å². The van der Waals surface area contributed by atoms with Crippen molar-refractivity contribution in [3.63, 3.8) is 0 Å². The summed E-state index contributed by atoms with van der Waals surface area (Å²) < 4.78 is 5.26. The summed E-state index contributed by atoms with van der Waals surface area (Å²) in [5, 5.41) is 6.16. The highest BCUT2D eigenvalue weighted by Gasteiger charge is 2.27. The molecule has 6 heteroatoms. The van der Waals surface area contributed by atoms with Crippen LogP contribution in [0.25, 0.3) is 0 Å². The molecule has 0 saturated heterocycles. The van der Waals surface area contributed by atoms with E-state index in [-0.39, 0.29) is 11.8 Å². The van der Waals surface area contributed by atoms with Crippen molar-refractivity contribution >= 4 is 17.5 Å². The molecule has 4 aromatic rings. The molecule has 4 rings (SSSR count). The van der Waals surface area contributed by atoms with Gasteiger partial charge >= 0.3 is 0 Å². The van der Waals surface area contributed by atoms with Gasteiger partial charge in [-0.25, -0.2) is 0 Å². The quantitative estimate of drug-likeness (QED) is 0.114. The van der Waals surface area contributed by atoms with E-state index in [1.165, 1.54) is 46.6 Å². The lowest BCUT2D eigenvalue weighted by Gasteiger charge is -2.29. The summed E-state index contributed by atoms with van der Waals surface area (Å²) in [5.74, 6) is 0.0577. The molecule has 0 bridgehead atoms. The van der Waals surface area contributed by atoms with Crippen LogP contribution in [-0.4, -0.2) is 38.1 Å². The molecule has 6 nitrogen and oxygen atoms in total. The Morgan fingerprint density at radius 1 is 0.783 bits per heavy atom. The summed E-state index contributed by atoms with van der Waals surface area (Å²) in [5.41, 5.74) is 9.21. The summed E-state index contributed by atoms with van der Waals surface area (Å²) in [7, 11) is 0. The molecule has 0 spiro atoms. The Kier molecular flexibility index (Phi) is 14.8. The van der Waals surface area contributed by atoms with Gasteiger partial charge in [0.05, 0.1) is 12.9 Å². The average Bonchev–Trinajstić information content (AvgIpc) is 3.05. The van der Waals surface area contributed by atoms with E-state index in [0.29, 0.717) is 19.7 Å². The topological polar surface area (TPSA) is 70.7 Å². The monoisotopic (exact) mass is 619 g/mol. The molecular formula is C40H49N3O3. The molecule has 0 heterocycles. The molecule has 2 amide bonds. The Morgan fingerprint density at radius 2 is 1.39 bits per heavy atom. The number of nitrogens with zero attached hydrogens (tertiary/aromatic N) is 1. The van der Waals surface area contributed by atoms with Gasteiger partial charge < -0.3 is 15.0 Å². The Balaban J connectivity index is 0.000000370. The van der Waals surface area contributed by atoms with Crippen LogP contribution >= 0.6 is 0 Å². The van der Waals surface area contributed by atoms with Crippen LogP contribution in [0.5, 0.6) is 0 Å². The van der Waals surface area contributed by atoms with E-state index in [2.05, 4.69) is 106 Å². The second-order valence-corrected chi connectivity index (χ2v) is 11.5. The second kappa shape index (κ2) is 19.0. The zero-order valence-corrected chi connectivity index (χ0v) is 28.0. The minimum atomic E-state index is -0.473. The first-order valence-electron chi connectivity index (χ1n) is 15.9. The Hall–Kier alpha value is -4.68. The van der Waals surface area contributed by atoms with Crippen LogP contribution in [0.1, 0.15) is 51.9 Å². The lowest BCUT2D eigenvalue weighted by atomic mass is 10.0. The van der Waals surface area contributed by atoms with E-state index in [0.717, 1.165) is 30.6 Å². The average molecular weight is 620 g/mol. The fourth-order valence-electron chi connectivity index (χ4n) is 4.89. The van der Waals surface area contributed by atoms with Gasteiger partial charge in [0.1, 0.15) is 6.04 Å². The maximum absolute atomic E-state index is 14.0. The molecule has 1 unspecified atom stereocenters. The third kappa shape index (κ3) is 12.0. The molecule has 46 heavy (non-hydrogen) atoms. The smallest absolute Gasteiger partial charge is 0.248 e. The fraction of sp³-hybridized carbons (Fsp3) is 0.300. The summed E-state index contributed by atoms with van der Waals surface area (Å²) in [6, 6.07) is 32.5. The Labute approximate surface area is 275 Å². The molecule has 2 N–H and O–H groups in total. The first-order chi connectivity index (χ1) is 22.2. The Bertz CT molecular complexity index is 1520. The van der Waals surface area contributed by atoms with Gasteiger partial charge in [-0.05, 0) is 80.5 Å². The van der Waals surface area contributed by atoms with Crippen LogP contribution in [0.15, 0.2) is 110 Å². The van der Waals surface area contributed by atoms with Gasteiger partial charge in [-0.2, -0.15) is 0 Å². The van der Waals surface area contributed by atoms with Gasteiger partial charge in [0.2, 0.25) is 11.8 Å². The molecule has 242 valence electrons. The molecular weight excluding hydrogens is 570 g/mol. The van der Waals surface area contributed by atoms with Crippen molar-refractivity contribution in [3.05, 3.63) is 149 Å². The van der Waals surface area contributed by atoms with Crippen LogP contribution in [0.2, 0.25) is 0 Å². The predicted octanol–water partition coefficient (Wildman–Crippen LogP) is 7.35. The van der Waals surface area contributed by atoms with Gasteiger partial charge in [-0.1, -0.05) is 103 Å². The standard InChI is InChI=1S/C29H34N2O2.C11H15NO/c1-5-33-20-18-30-28(26-9-7-6-8-10-26)29(32)31(27-16-13-23(3)24(4)21-27)19-17-25-14-11-22(2)12-15-25;1-9-3-5-11(6-4-9)7-8-12-10(2)13/h5-16,21,28,30H,1,17-20H2,2-4H3;3-6H,7-8H2,1-2H3,(H,12,13). The predicted molar refractivity (Wildman–Crippen MR) is 190 cm³/mol. The first-order valence-corrected chi connectivity index (χ1v) is 15.9. The number of anilines is 1. The zero-order valence-electron chi connectivity index (χ0n) is 28.0. The maximum atomic E-state index is 14.0. The SMILES string of the molecule is C=COCCNC(C(=O)N(CCc1ccc(C)cc1)c1ccc(C)c(C)c1)c1ccccc1.CC(=O)NCCc1ccc(C)cc1. The highest BCUT2D eigenvalue weighted by Crippen LogP contribution is 2.24. The lowest BCUT2D eigenvalue weighted by molar-refractivity contribution is -0.121. The number of carbonyl (C=O) groups excluding carboxylic acids is 2. The molecule has 0 aliphatic rings. The van der Waals surface area contributed by atoms with Crippen LogP contribution in [0, 0.1) is 27.7 Å². The van der Waals surface area contributed by atoms with Gasteiger partial charge in [0, 0.05) is 32.2 Å². The number of carbonyl (C=O) groups is 2. The summed E-state index contributed by atoms with van der Waals surface area (Å²) in [6.07, 6.45) is 3.10. The largest absolute Gasteiger partial charge is 0.500 e. The van der Waals surface area contributed by atoms with Crippen molar-refractivity contribution in [2.75, 3.05) is 31.1 Å². The molecule has 0 aliphatic heterocycles. The van der Waals surface area contributed by atoms with Gasteiger partial charge in [0.25, 0.3) is 0 Å². The number of hydrogen-bond acceptors (Lipinski definition) is 4. The minimum absolute atomic E-state index is 0.0233. The number of nitrogens with one attached hydrogen (secondary N) is 2. The van der Waals surface area contributed by atoms with Crippen molar-refractivity contribution in [1.29, 1.82) is 0 Å². The van der Waals surface area contributed by atoms with E-state index in [9.17, 15) is 9.59 Å². The summed E-state index contributed by atoms with van der Waals surface area (Å²) >= 11 is 0. The van der Waals surface area contributed by atoms with Gasteiger partial charge in [-0.3, -0.25) is 14.9 Å². The van der Waals surface area contributed by atoms with Gasteiger partial charge in [0.15, 0.2) is 0 Å². The molecule has 0 aliphatic carbocycles. The van der Waals surface area contributed by atoms with Crippen molar-refractivity contribution in [2.24, 2.45) is 0 Å². The minimum Gasteiger partial charge on any atom is -0.500 e. The summed E-state index contributed by atoms with van der Waals surface area (Å²) in [6.45, 7) is 15.8. The van der Waals surface area contributed by atoms with Crippen LogP contribution in [-0.2, 0) is 27.2 Å². The van der Waals surface area contributed by atoms with E-state index in [1.54, 1.807) is 0 Å². The molecule has 0 aromatic heterocycles. The molecule has 4 aromatic carbocycles. The van der Waals surface area contributed by atoms with Crippen LogP contribution in [0.4, 0.5) is 5.69 Å². The number of amides is 2. The van der Waals surface area contributed by atoms with E-state index < -0.39 is 6.04 Å². The van der Waals surface area contributed by atoms with E-state index in [4.69, 9.17) is 4.74 Å². The third-order valence-corrected chi connectivity index (χ3v) is 7.79. The maximum Gasteiger partial charge on any atom is 0.248 e. The first kappa shape index (κ1) is 35.8. The zero-order chi connectivity index (χ0) is 33.3. The number of benzene rings is 4. The van der Waals surface area contributed by atoms with Crippen molar-refractivity contribution in [1.82, 2.24) is 10.6 Å². The normalized spacial score (nSPS) is 11.1. The van der Waals surface area contributed by atoms with E-state index >= 15 is 0 Å². The number of hydrogen-bond donors (Lipinski definition) is 2. The molecule has 0 fully saturated rings. The van der Waals surface area contributed by atoms with Crippen LogP contribution < -0.4 is 15.5 Å². The second-order valence-electron chi connectivity index (χ2n) is 11.5. The van der Waals surface area contributed by atoms with Crippen molar-refractivity contribution < 1.29 is 14.3 Å². The summed E-state index contributed by atoms with van der Waals surface area (Å²) in [4.78, 5) is 26.5. The number of aryl methyl sites for hydroxylation is 4. The molecule has 1 atom stereocenters. The third-order valence-electron chi connectivity index (χ3n) is 7.79. The Morgan fingerprint density at radius 3 is 1.96 bits per heavy atom.